The molecule has 0 aliphatic heterocycles. The molecule has 0 bridgehead atoms. The average Bonchev–Trinajstić information content (AvgIpc) is 2.27. The van der Waals surface area contributed by atoms with E-state index in [-0.39, 0.29) is 11.7 Å². The van der Waals surface area contributed by atoms with Crippen LogP contribution in [0.15, 0.2) is 0 Å². The van der Waals surface area contributed by atoms with Crippen LogP contribution in [0.25, 0.3) is 0 Å². The molecule has 1 aliphatic rings. The number of carboxylic acids is 1. The molecule has 0 aromatic carbocycles. The number of nitrogens with one attached hydrogen (secondary N) is 1. The lowest BCUT2D eigenvalue weighted by Gasteiger charge is -2.27. The number of aliphatic carboxylic acids is 1. The van der Waals surface area contributed by atoms with E-state index in [9.17, 15) is 13.2 Å². The van der Waals surface area contributed by atoms with Crippen molar-refractivity contribution in [3.05, 3.63) is 0 Å². The molecule has 16 heavy (non-hydrogen) atoms. The number of sulfonamides is 1. The van der Waals surface area contributed by atoms with Gasteiger partial charge in [0.25, 0.3) is 0 Å². The lowest BCUT2D eigenvalue weighted by Crippen LogP contribution is -2.46. The van der Waals surface area contributed by atoms with Crippen molar-refractivity contribution in [2.24, 2.45) is 5.92 Å². The molecular weight excluding hydrogens is 230 g/mol. The number of hydrogen-bond acceptors (Lipinski definition) is 3. The van der Waals surface area contributed by atoms with Crippen LogP contribution in [0.3, 0.4) is 0 Å². The molecule has 5 nitrogen and oxygen atoms in total. The highest BCUT2D eigenvalue weighted by molar-refractivity contribution is 7.89. The van der Waals surface area contributed by atoms with Crippen LogP contribution in [-0.2, 0) is 14.8 Å². The van der Waals surface area contributed by atoms with E-state index in [0.29, 0.717) is 0 Å². The molecule has 1 saturated carbocycles. The van der Waals surface area contributed by atoms with Crippen LogP contribution in [0.4, 0.5) is 0 Å². The Morgan fingerprint density at radius 2 is 1.94 bits per heavy atom. The van der Waals surface area contributed by atoms with Gasteiger partial charge < -0.3 is 5.11 Å². The summed E-state index contributed by atoms with van der Waals surface area (Å²) in [6.07, 6.45) is 4.68. The third-order valence-corrected chi connectivity index (χ3v) is 4.45. The van der Waals surface area contributed by atoms with E-state index in [1.165, 1.54) is 6.92 Å². The fraction of sp³-hybridized carbons (Fsp3) is 0.900. The standard InChI is InChI=1S/C10H19NO4S/c1-2-16(14,15)11-9(10(12)13)8-6-4-3-5-7-8/h8-9,11H,2-7H2,1H3,(H,12,13)/t9-/m1/s1. The Morgan fingerprint density at radius 1 is 1.38 bits per heavy atom. The van der Waals surface area contributed by atoms with Gasteiger partial charge in [0.15, 0.2) is 0 Å². The number of carboxylic acid groups (broad SMARTS) is 1. The zero-order chi connectivity index (χ0) is 12.2. The van der Waals surface area contributed by atoms with Gasteiger partial charge in [0.1, 0.15) is 6.04 Å². The minimum absolute atomic E-state index is 0.0624. The lowest BCUT2D eigenvalue weighted by molar-refractivity contribution is -0.140. The van der Waals surface area contributed by atoms with Gasteiger partial charge >= 0.3 is 5.97 Å². The monoisotopic (exact) mass is 249 g/mol. The molecule has 1 aliphatic carbocycles. The Kier molecular flexibility index (Phi) is 4.73. The van der Waals surface area contributed by atoms with Crippen LogP contribution >= 0.6 is 0 Å². The highest BCUT2D eigenvalue weighted by atomic mass is 32.2. The number of hydrogen-bond donors (Lipinski definition) is 2. The largest absolute Gasteiger partial charge is 0.480 e. The fourth-order valence-electron chi connectivity index (χ4n) is 2.09. The third kappa shape index (κ3) is 3.75. The van der Waals surface area contributed by atoms with Gasteiger partial charge in [-0.15, -0.1) is 0 Å². The summed E-state index contributed by atoms with van der Waals surface area (Å²) in [5.74, 6) is -1.21. The molecule has 1 atom stereocenters. The maximum absolute atomic E-state index is 11.4. The second-order valence-corrected chi connectivity index (χ2v) is 6.28. The predicted molar refractivity (Wildman–Crippen MR) is 60.6 cm³/mol. The van der Waals surface area contributed by atoms with Crippen LogP contribution in [-0.4, -0.2) is 31.3 Å². The van der Waals surface area contributed by atoms with Crippen molar-refractivity contribution in [2.75, 3.05) is 5.75 Å². The molecule has 0 saturated heterocycles. The van der Waals surface area contributed by atoms with Crippen molar-refractivity contribution in [2.45, 2.75) is 45.1 Å². The van der Waals surface area contributed by atoms with Gasteiger partial charge in [0.2, 0.25) is 10.0 Å². The Balaban J connectivity index is 2.70. The Labute approximate surface area is 96.3 Å². The van der Waals surface area contributed by atoms with Crippen molar-refractivity contribution in [1.29, 1.82) is 0 Å². The molecule has 0 spiro atoms. The summed E-state index contributed by atoms with van der Waals surface area (Å²) in [5.41, 5.74) is 0. The van der Waals surface area contributed by atoms with E-state index in [0.717, 1.165) is 32.1 Å². The van der Waals surface area contributed by atoms with Gasteiger partial charge in [-0.2, -0.15) is 0 Å². The zero-order valence-electron chi connectivity index (χ0n) is 9.48. The van der Waals surface area contributed by atoms with E-state index >= 15 is 0 Å². The van der Waals surface area contributed by atoms with Gasteiger partial charge in [-0.3, -0.25) is 4.79 Å². The van der Waals surface area contributed by atoms with Gasteiger partial charge in [-0.25, -0.2) is 13.1 Å². The number of rotatable bonds is 5. The van der Waals surface area contributed by atoms with Crippen LogP contribution in [0, 0.1) is 5.92 Å². The van der Waals surface area contributed by atoms with Crippen molar-refractivity contribution in [1.82, 2.24) is 4.72 Å². The first-order valence-corrected chi connectivity index (χ1v) is 7.34. The summed E-state index contributed by atoms with van der Waals surface area (Å²) in [4.78, 5) is 11.1. The maximum Gasteiger partial charge on any atom is 0.322 e. The van der Waals surface area contributed by atoms with Crippen molar-refractivity contribution >= 4 is 16.0 Å². The Hall–Kier alpha value is -0.620. The minimum atomic E-state index is -3.44. The third-order valence-electron chi connectivity index (χ3n) is 3.07. The minimum Gasteiger partial charge on any atom is -0.480 e. The molecule has 0 aromatic heterocycles. The summed E-state index contributed by atoms with van der Waals surface area (Å²) in [6.45, 7) is 1.50. The summed E-state index contributed by atoms with van der Waals surface area (Å²) < 4.78 is 25.0. The first-order valence-electron chi connectivity index (χ1n) is 5.69. The molecule has 0 unspecified atom stereocenters. The van der Waals surface area contributed by atoms with Crippen LogP contribution < -0.4 is 4.72 Å². The van der Waals surface area contributed by atoms with Gasteiger partial charge in [-0.05, 0) is 25.7 Å². The molecule has 0 amide bonds. The molecule has 6 heteroatoms. The van der Waals surface area contributed by atoms with Crippen LogP contribution in [0.1, 0.15) is 39.0 Å². The Morgan fingerprint density at radius 3 is 2.38 bits per heavy atom. The van der Waals surface area contributed by atoms with Crippen molar-refractivity contribution in [3.63, 3.8) is 0 Å². The van der Waals surface area contributed by atoms with E-state index in [4.69, 9.17) is 5.11 Å². The number of carbonyl (C=O) groups is 1. The highest BCUT2D eigenvalue weighted by Gasteiger charge is 2.32. The molecular formula is C10H19NO4S. The molecule has 94 valence electrons. The van der Waals surface area contributed by atoms with Crippen molar-refractivity contribution < 1.29 is 18.3 Å². The highest BCUT2D eigenvalue weighted by Crippen LogP contribution is 2.26. The van der Waals surface area contributed by atoms with E-state index in [1.807, 2.05) is 0 Å². The SMILES string of the molecule is CCS(=O)(=O)N[C@@H](C(=O)O)C1CCCCC1. The van der Waals surface area contributed by atoms with E-state index < -0.39 is 22.0 Å². The second-order valence-electron chi connectivity index (χ2n) is 4.24. The topological polar surface area (TPSA) is 83.5 Å². The first kappa shape index (κ1) is 13.4. The quantitative estimate of drug-likeness (QED) is 0.760. The van der Waals surface area contributed by atoms with Gasteiger partial charge in [-0.1, -0.05) is 19.3 Å². The molecule has 1 fully saturated rings. The van der Waals surface area contributed by atoms with E-state index in [2.05, 4.69) is 4.72 Å². The average molecular weight is 249 g/mol. The zero-order valence-corrected chi connectivity index (χ0v) is 10.3. The molecule has 0 heterocycles. The summed E-state index contributed by atoms with van der Waals surface area (Å²) >= 11 is 0. The van der Waals surface area contributed by atoms with Gasteiger partial charge in [0.05, 0.1) is 5.75 Å². The first-order chi connectivity index (χ1) is 7.46. The summed E-state index contributed by atoms with van der Waals surface area (Å²) in [6, 6.07) is -0.953. The van der Waals surface area contributed by atoms with Crippen LogP contribution in [0.2, 0.25) is 0 Å². The summed E-state index contributed by atoms with van der Waals surface area (Å²) in [5, 5.41) is 9.06. The van der Waals surface area contributed by atoms with Gasteiger partial charge in [0, 0.05) is 0 Å². The molecule has 1 rings (SSSR count). The summed E-state index contributed by atoms with van der Waals surface area (Å²) in [7, 11) is -3.44. The molecule has 0 radical (unpaired) electrons. The second kappa shape index (κ2) is 5.63. The fourth-order valence-corrected chi connectivity index (χ4v) is 2.94. The molecule has 0 aromatic rings. The normalized spacial score (nSPS) is 20.6. The Bertz CT molecular complexity index is 333. The predicted octanol–water partition coefficient (Wildman–Crippen LogP) is 0.959. The van der Waals surface area contributed by atoms with Crippen molar-refractivity contribution in [3.8, 4) is 0 Å². The maximum atomic E-state index is 11.4. The smallest absolute Gasteiger partial charge is 0.322 e. The van der Waals surface area contributed by atoms with Crippen LogP contribution in [0.5, 0.6) is 0 Å². The molecule has 2 N–H and O–H groups in total. The lowest BCUT2D eigenvalue weighted by atomic mass is 9.84. The van der Waals surface area contributed by atoms with E-state index in [1.54, 1.807) is 0 Å².